The molecule has 0 amide bonds. The molecule has 1 unspecified atom stereocenters. The number of methoxy groups -OCH3 is 1. The molecule has 1 aliphatic heterocycles. The highest BCUT2D eigenvalue weighted by molar-refractivity contribution is 7.77. The number of aromatic nitrogens is 4. The SMILES string of the molecule is COc1cccc(CNc2ncnc3c2ncn3[C@@H]2O[C@H](CNS(=O)[O-])[C@@H](O)[C@H]2O)c1. The Hall–Kier alpha value is -2.68. The number of hydrogen-bond donors (Lipinski definition) is 4. The summed E-state index contributed by atoms with van der Waals surface area (Å²) >= 11 is -2.51. The number of ether oxygens (including phenoxy) is 2. The van der Waals surface area contributed by atoms with Gasteiger partial charge in [0.25, 0.3) is 0 Å². The van der Waals surface area contributed by atoms with Crippen LogP contribution >= 0.6 is 0 Å². The van der Waals surface area contributed by atoms with E-state index in [1.807, 2.05) is 24.3 Å². The molecule has 0 saturated carbocycles. The zero-order valence-corrected chi connectivity index (χ0v) is 17.2. The second-order valence-corrected chi connectivity index (χ2v) is 7.64. The molecule has 4 rings (SSSR count). The van der Waals surface area contributed by atoms with Gasteiger partial charge in [-0.05, 0) is 17.7 Å². The van der Waals surface area contributed by atoms with Gasteiger partial charge in [-0.25, -0.2) is 19.7 Å². The van der Waals surface area contributed by atoms with Crippen LogP contribution in [0, 0.1) is 0 Å². The van der Waals surface area contributed by atoms with E-state index < -0.39 is 35.8 Å². The molecule has 0 radical (unpaired) electrons. The smallest absolute Gasteiger partial charge is 0.167 e. The number of fused-ring (bicyclic) bond motifs is 1. The predicted molar refractivity (Wildman–Crippen MR) is 108 cm³/mol. The lowest BCUT2D eigenvalue weighted by molar-refractivity contribution is -0.0330. The molecule has 1 aromatic carbocycles. The van der Waals surface area contributed by atoms with Crippen molar-refractivity contribution in [2.45, 2.75) is 31.1 Å². The first kappa shape index (κ1) is 21.5. The van der Waals surface area contributed by atoms with E-state index in [4.69, 9.17) is 9.47 Å². The van der Waals surface area contributed by atoms with E-state index in [1.165, 1.54) is 17.2 Å². The van der Waals surface area contributed by atoms with Gasteiger partial charge in [0.15, 0.2) is 23.2 Å². The molecular weight excluding hydrogens is 428 g/mol. The van der Waals surface area contributed by atoms with Crippen molar-refractivity contribution in [1.82, 2.24) is 24.2 Å². The first-order valence-corrected chi connectivity index (χ1v) is 10.4. The predicted octanol–water partition coefficient (Wildman–Crippen LogP) is -0.550. The van der Waals surface area contributed by atoms with Crippen LogP contribution in [0.25, 0.3) is 11.2 Å². The minimum atomic E-state index is -2.51. The van der Waals surface area contributed by atoms with Crippen molar-refractivity contribution in [2.24, 2.45) is 0 Å². The number of benzene rings is 1. The number of aliphatic hydroxyl groups is 2. The Morgan fingerprint density at radius 2 is 2.13 bits per heavy atom. The van der Waals surface area contributed by atoms with Crippen LogP contribution in [-0.2, 0) is 22.5 Å². The van der Waals surface area contributed by atoms with Gasteiger partial charge in [0.05, 0.1) is 13.4 Å². The summed E-state index contributed by atoms with van der Waals surface area (Å²) in [6.07, 6.45) is -1.72. The first-order chi connectivity index (χ1) is 15.0. The summed E-state index contributed by atoms with van der Waals surface area (Å²) in [6, 6.07) is 7.59. The van der Waals surface area contributed by atoms with Crippen molar-refractivity contribution in [1.29, 1.82) is 0 Å². The van der Waals surface area contributed by atoms with Gasteiger partial charge in [-0.15, -0.1) is 0 Å². The average molecular weight is 449 g/mol. The summed E-state index contributed by atoms with van der Waals surface area (Å²) in [4.78, 5) is 12.8. The molecule has 4 N–H and O–H groups in total. The van der Waals surface area contributed by atoms with E-state index in [-0.39, 0.29) is 6.54 Å². The van der Waals surface area contributed by atoms with E-state index in [2.05, 4.69) is 25.0 Å². The van der Waals surface area contributed by atoms with Crippen LogP contribution < -0.4 is 14.8 Å². The third-order valence-corrected chi connectivity index (χ3v) is 5.37. The zero-order chi connectivity index (χ0) is 22.0. The van der Waals surface area contributed by atoms with Gasteiger partial charge < -0.3 is 29.6 Å². The summed E-state index contributed by atoms with van der Waals surface area (Å²) in [7, 11) is 1.60. The largest absolute Gasteiger partial charge is 0.760 e. The quantitative estimate of drug-likeness (QED) is 0.328. The molecule has 1 aliphatic rings. The molecule has 166 valence electrons. The Kier molecular flexibility index (Phi) is 6.41. The third kappa shape index (κ3) is 4.51. The van der Waals surface area contributed by atoms with Crippen LogP contribution in [0.4, 0.5) is 5.82 Å². The molecular formula is C18H21N6O6S-. The molecule has 1 fully saturated rings. The zero-order valence-electron chi connectivity index (χ0n) is 16.4. The highest BCUT2D eigenvalue weighted by atomic mass is 32.2. The number of rotatable bonds is 8. The number of aliphatic hydroxyl groups excluding tert-OH is 2. The molecule has 13 heteroatoms. The maximum Gasteiger partial charge on any atom is 0.167 e. The lowest BCUT2D eigenvalue weighted by atomic mass is 10.1. The van der Waals surface area contributed by atoms with Crippen LogP contribution in [0.1, 0.15) is 11.8 Å². The van der Waals surface area contributed by atoms with Gasteiger partial charge >= 0.3 is 0 Å². The van der Waals surface area contributed by atoms with Crippen molar-refractivity contribution >= 4 is 28.2 Å². The number of anilines is 1. The normalized spacial score (nSPS) is 24.4. The molecule has 31 heavy (non-hydrogen) atoms. The summed E-state index contributed by atoms with van der Waals surface area (Å²) in [5, 5.41) is 23.8. The fraction of sp³-hybridized carbons (Fsp3) is 0.389. The fourth-order valence-electron chi connectivity index (χ4n) is 3.41. The van der Waals surface area contributed by atoms with Gasteiger partial charge in [-0.3, -0.25) is 8.78 Å². The molecule has 1 saturated heterocycles. The van der Waals surface area contributed by atoms with Gasteiger partial charge in [0.2, 0.25) is 0 Å². The number of nitrogens with zero attached hydrogens (tertiary/aromatic N) is 4. The van der Waals surface area contributed by atoms with Crippen molar-refractivity contribution in [3.8, 4) is 5.75 Å². The van der Waals surface area contributed by atoms with Gasteiger partial charge in [-0.1, -0.05) is 12.1 Å². The van der Waals surface area contributed by atoms with Crippen LogP contribution in [0.3, 0.4) is 0 Å². The third-order valence-electron chi connectivity index (χ3n) is 4.97. The van der Waals surface area contributed by atoms with Crippen LogP contribution in [0.5, 0.6) is 5.75 Å². The van der Waals surface area contributed by atoms with Gasteiger partial charge in [0.1, 0.15) is 30.4 Å². The minimum absolute atomic E-state index is 0.181. The van der Waals surface area contributed by atoms with Crippen molar-refractivity contribution in [2.75, 3.05) is 19.0 Å². The molecule has 3 heterocycles. The van der Waals surface area contributed by atoms with Crippen molar-refractivity contribution in [3.05, 3.63) is 42.5 Å². The molecule has 0 aliphatic carbocycles. The monoisotopic (exact) mass is 449 g/mol. The summed E-state index contributed by atoms with van der Waals surface area (Å²) in [5.41, 5.74) is 1.83. The van der Waals surface area contributed by atoms with Crippen LogP contribution in [0.2, 0.25) is 0 Å². The van der Waals surface area contributed by atoms with Crippen molar-refractivity contribution in [3.63, 3.8) is 0 Å². The van der Waals surface area contributed by atoms with Crippen LogP contribution in [0.15, 0.2) is 36.9 Å². The molecule has 12 nitrogen and oxygen atoms in total. The van der Waals surface area contributed by atoms with E-state index in [0.29, 0.717) is 23.5 Å². The first-order valence-electron chi connectivity index (χ1n) is 9.36. The fourth-order valence-corrected chi connectivity index (χ4v) is 3.71. The number of imidazole rings is 1. The molecule has 2 aromatic heterocycles. The molecule has 0 bridgehead atoms. The Balaban J connectivity index is 1.54. The Morgan fingerprint density at radius 3 is 2.90 bits per heavy atom. The average Bonchev–Trinajstić information content (AvgIpc) is 3.32. The van der Waals surface area contributed by atoms with E-state index in [0.717, 1.165) is 11.3 Å². The maximum atomic E-state index is 10.7. The standard InChI is InChI=1S/C18H22N6O6S/c1-29-11-4-2-3-10(5-11)6-19-16-13-17(21-8-20-16)24(9-22-13)18-15(26)14(25)12(30-18)7-23-31(27)28/h2-5,8-9,12,14-15,18,23,25-26H,6-7H2,1H3,(H,27,28)(H,19,20,21)/p-1/t12-,14-,15-,18-/m1/s1. The van der Waals surface area contributed by atoms with Gasteiger partial charge in [0, 0.05) is 24.4 Å². The van der Waals surface area contributed by atoms with Crippen LogP contribution in [-0.4, -0.2) is 70.5 Å². The summed E-state index contributed by atoms with van der Waals surface area (Å²) in [5.74, 6) is 1.23. The molecule has 3 aromatic rings. The summed E-state index contributed by atoms with van der Waals surface area (Å²) in [6.45, 7) is 0.289. The maximum absolute atomic E-state index is 10.7. The topological polar surface area (TPSA) is 167 Å². The second kappa shape index (κ2) is 9.21. The summed E-state index contributed by atoms with van der Waals surface area (Å²) < 4.78 is 35.9. The van der Waals surface area contributed by atoms with E-state index in [1.54, 1.807) is 7.11 Å². The second-order valence-electron chi connectivity index (χ2n) is 6.88. The number of hydrogen-bond acceptors (Lipinski definition) is 10. The van der Waals surface area contributed by atoms with Crippen molar-refractivity contribution < 1.29 is 28.4 Å². The lowest BCUT2D eigenvalue weighted by Gasteiger charge is -2.17. The molecule has 5 atom stereocenters. The molecule has 0 spiro atoms. The van der Waals surface area contributed by atoms with E-state index >= 15 is 0 Å². The van der Waals surface area contributed by atoms with Gasteiger partial charge in [-0.2, -0.15) is 0 Å². The Labute approximate surface area is 179 Å². The highest BCUT2D eigenvalue weighted by Gasteiger charge is 2.44. The Bertz CT molecular complexity index is 1080. The highest BCUT2D eigenvalue weighted by Crippen LogP contribution is 2.32. The van der Waals surface area contributed by atoms with E-state index in [9.17, 15) is 19.0 Å². The Morgan fingerprint density at radius 1 is 1.29 bits per heavy atom. The number of nitrogens with one attached hydrogen (secondary N) is 2. The minimum Gasteiger partial charge on any atom is -0.760 e. The lowest BCUT2D eigenvalue weighted by Crippen LogP contribution is -2.38.